The van der Waals surface area contributed by atoms with Crippen molar-refractivity contribution in [2.45, 2.75) is 19.8 Å². The minimum atomic E-state index is -0.230. The van der Waals surface area contributed by atoms with Crippen LogP contribution in [0.5, 0.6) is 11.5 Å². The second-order valence-electron chi connectivity index (χ2n) is 7.05. The van der Waals surface area contributed by atoms with Gasteiger partial charge in [0.1, 0.15) is 17.0 Å². The first kappa shape index (κ1) is 20.9. The van der Waals surface area contributed by atoms with E-state index in [-0.39, 0.29) is 11.7 Å². The number of aromatic nitrogens is 1. The maximum atomic E-state index is 12.7. The number of oxazole rings is 1. The number of carbonyl (C=O) groups is 1. The molecule has 0 bridgehead atoms. The molecule has 3 aromatic carbocycles. The van der Waals surface area contributed by atoms with E-state index in [0.29, 0.717) is 45.1 Å². The number of phenols is 1. The molecule has 0 aliphatic heterocycles. The average Bonchev–Trinajstić information content (AvgIpc) is 3.19. The normalized spacial score (nSPS) is 10.9. The van der Waals surface area contributed by atoms with E-state index in [2.05, 4.69) is 33.2 Å². The molecule has 0 atom stereocenters. The molecule has 0 spiro atoms. The number of amides is 1. The Morgan fingerprint density at radius 1 is 1.16 bits per heavy atom. The fraction of sp³-hybridized carbons (Fsp3) is 0.167. The third kappa shape index (κ3) is 4.88. The molecule has 0 saturated heterocycles. The molecule has 0 saturated carbocycles. The first-order chi connectivity index (χ1) is 15.0. The van der Waals surface area contributed by atoms with Gasteiger partial charge in [0, 0.05) is 16.8 Å². The second kappa shape index (κ2) is 9.22. The number of hydrogen-bond donors (Lipinski definition) is 2. The Balaban J connectivity index is 1.52. The smallest absolute Gasteiger partial charge is 0.255 e. The highest BCUT2D eigenvalue weighted by atomic mass is 79.9. The van der Waals surface area contributed by atoms with Crippen molar-refractivity contribution in [1.29, 1.82) is 0 Å². The molecule has 31 heavy (non-hydrogen) atoms. The van der Waals surface area contributed by atoms with Crippen LogP contribution >= 0.6 is 15.9 Å². The third-order valence-corrected chi connectivity index (χ3v) is 5.34. The maximum Gasteiger partial charge on any atom is 0.255 e. The quantitative estimate of drug-likeness (QED) is 0.299. The van der Waals surface area contributed by atoms with E-state index in [1.54, 1.807) is 54.6 Å². The fourth-order valence-electron chi connectivity index (χ4n) is 3.03. The number of nitrogens with one attached hydrogen (secondary N) is 1. The van der Waals surface area contributed by atoms with Crippen molar-refractivity contribution in [3.05, 3.63) is 70.7 Å². The fourth-order valence-corrected chi connectivity index (χ4v) is 3.41. The van der Waals surface area contributed by atoms with Crippen molar-refractivity contribution in [2.75, 3.05) is 11.9 Å². The third-order valence-electron chi connectivity index (χ3n) is 4.70. The number of anilines is 1. The zero-order valence-corrected chi connectivity index (χ0v) is 18.5. The van der Waals surface area contributed by atoms with Gasteiger partial charge in [-0.05, 0) is 76.9 Å². The van der Waals surface area contributed by atoms with Gasteiger partial charge in [0.15, 0.2) is 5.58 Å². The van der Waals surface area contributed by atoms with E-state index in [1.165, 1.54) is 0 Å². The molecule has 0 unspecified atom stereocenters. The average molecular weight is 481 g/mol. The highest BCUT2D eigenvalue weighted by Crippen LogP contribution is 2.31. The Bertz CT molecular complexity index is 1240. The first-order valence-electron chi connectivity index (χ1n) is 9.97. The van der Waals surface area contributed by atoms with Gasteiger partial charge in [-0.3, -0.25) is 4.79 Å². The van der Waals surface area contributed by atoms with E-state index in [9.17, 15) is 9.90 Å². The topological polar surface area (TPSA) is 84.6 Å². The lowest BCUT2D eigenvalue weighted by atomic mass is 10.2. The summed E-state index contributed by atoms with van der Waals surface area (Å²) in [5, 5.41) is 12.6. The summed E-state index contributed by atoms with van der Waals surface area (Å²) >= 11 is 3.29. The van der Waals surface area contributed by atoms with Crippen LogP contribution in [-0.4, -0.2) is 22.6 Å². The van der Waals surface area contributed by atoms with Gasteiger partial charge in [0.25, 0.3) is 5.91 Å². The molecular weight excluding hydrogens is 460 g/mol. The van der Waals surface area contributed by atoms with Gasteiger partial charge in [0.05, 0.1) is 11.1 Å². The number of fused-ring (bicyclic) bond motifs is 1. The van der Waals surface area contributed by atoms with E-state index >= 15 is 0 Å². The molecule has 0 aliphatic rings. The summed E-state index contributed by atoms with van der Waals surface area (Å²) in [6.45, 7) is 2.73. The molecule has 1 aromatic heterocycles. The van der Waals surface area contributed by atoms with Gasteiger partial charge in [-0.15, -0.1) is 0 Å². The second-order valence-corrected chi connectivity index (χ2v) is 7.91. The van der Waals surface area contributed by atoms with Gasteiger partial charge in [-0.2, -0.15) is 0 Å². The number of ether oxygens (including phenoxy) is 1. The molecule has 4 rings (SSSR count). The zero-order chi connectivity index (χ0) is 21.8. The van der Waals surface area contributed by atoms with Gasteiger partial charge >= 0.3 is 0 Å². The summed E-state index contributed by atoms with van der Waals surface area (Å²) in [6, 6.07) is 17.5. The van der Waals surface area contributed by atoms with Gasteiger partial charge in [-0.1, -0.05) is 19.4 Å². The van der Waals surface area contributed by atoms with Crippen molar-refractivity contribution in [3.8, 4) is 23.0 Å². The van der Waals surface area contributed by atoms with Crippen LogP contribution in [0.15, 0.2) is 69.6 Å². The van der Waals surface area contributed by atoms with Gasteiger partial charge < -0.3 is 19.6 Å². The van der Waals surface area contributed by atoms with Crippen LogP contribution in [0.3, 0.4) is 0 Å². The predicted molar refractivity (Wildman–Crippen MR) is 124 cm³/mol. The molecule has 6 nitrogen and oxygen atoms in total. The Kier molecular flexibility index (Phi) is 6.23. The van der Waals surface area contributed by atoms with Crippen LogP contribution in [0.1, 0.15) is 30.1 Å². The lowest BCUT2D eigenvalue weighted by molar-refractivity contribution is 0.102. The molecule has 0 radical (unpaired) electrons. The summed E-state index contributed by atoms with van der Waals surface area (Å²) in [6.07, 6.45) is 2.02. The summed E-state index contributed by atoms with van der Waals surface area (Å²) < 4.78 is 12.1. The summed E-state index contributed by atoms with van der Waals surface area (Å²) in [4.78, 5) is 17.2. The highest BCUT2D eigenvalue weighted by Gasteiger charge is 2.12. The molecular formula is C24H21BrN2O4. The van der Waals surface area contributed by atoms with E-state index in [4.69, 9.17) is 9.15 Å². The Labute approximate surface area is 188 Å². The van der Waals surface area contributed by atoms with Crippen LogP contribution < -0.4 is 10.1 Å². The van der Waals surface area contributed by atoms with Gasteiger partial charge in [-0.25, -0.2) is 4.98 Å². The van der Waals surface area contributed by atoms with E-state index < -0.39 is 0 Å². The lowest BCUT2D eigenvalue weighted by Gasteiger charge is -2.08. The van der Waals surface area contributed by atoms with E-state index in [0.717, 1.165) is 18.4 Å². The molecule has 158 valence electrons. The first-order valence-corrected chi connectivity index (χ1v) is 10.8. The van der Waals surface area contributed by atoms with Crippen LogP contribution in [0.2, 0.25) is 0 Å². The van der Waals surface area contributed by atoms with Crippen molar-refractivity contribution < 1.29 is 19.1 Å². The molecule has 1 amide bonds. The van der Waals surface area contributed by atoms with Crippen LogP contribution in [0.25, 0.3) is 22.6 Å². The zero-order valence-electron chi connectivity index (χ0n) is 16.9. The van der Waals surface area contributed by atoms with E-state index in [1.807, 2.05) is 6.07 Å². The van der Waals surface area contributed by atoms with Crippen molar-refractivity contribution in [3.63, 3.8) is 0 Å². The summed E-state index contributed by atoms with van der Waals surface area (Å²) in [5.74, 6) is 1.02. The molecule has 0 aliphatic carbocycles. The maximum absolute atomic E-state index is 12.7. The molecule has 0 fully saturated rings. The molecule has 7 heteroatoms. The van der Waals surface area contributed by atoms with Crippen LogP contribution in [0, 0.1) is 0 Å². The summed E-state index contributed by atoms with van der Waals surface area (Å²) in [5.41, 5.74) is 3.08. The number of rotatable bonds is 7. The number of benzene rings is 3. The van der Waals surface area contributed by atoms with Crippen molar-refractivity contribution in [2.24, 2.45) is 0 Å². The van der Waals surface area contributed by atoms with Crippen molar-refractivity contribution in [1.82, 2.24) is 4.98 Å². The minimum Gasteiger partial charge on any atom is -0.507 e. The number of carbonyl (C=O) groups excluding carboxylic acids is 1. The van der Waals surface area contributed by atoms with Crippen LogP contribution in [-0.2, 0) is 0 Å². The standard InChI is InChI=1S/C24H21BrN2O4/c1-2-3-11-30-18-6-4-5-15(12-18)23(29)26-17-8-10-22-20(14-17)27-24(31-22)16-7-9-21(28)19(25)13-16/h4-10,12-14,28H,2-3,11H2,1H3,(H,26,29). The number of aromatic hydroxyl groups is 1. The molecule has 1 heterocycles. The number of phenolic OH excluding ortho intramolecular Hbond substituents is 1. The number of hydrogen-bond acceptors (Lipinski definition) is 5. The van der Waals surface area contributed by atoms with Crippen LogP contribution in [0.4, 0.5) is 5.69 Å². The summed E-state index contributed by atoms with van der Waals surface area (Å²) in [7, 11) is 0. The monoisotopic (exact) mass is 480 g/mol. The van der Waals surface area contributed by atoms with Gasteiger partial charge in [0.2, 0.25) is 5.89 Å². The van der Waals surface area contributed by atoms with Crippen molar-refractivity contribution >= 4 is 38.6 Å². The lowest BCUT2D eigenvalue weighted by Crippen LogP contribution is -2.12. The molecule has 4 aromatic rings. The number of unbranched alkanes of at least 4 members (excludes halogenated alkanes) is 1. The molecule has 2 N–H and O–H groups in total. The Hall–Kier alpha value is -3.32. The largest absolute Gasteiger partial charge is 0.507 e. The highest BCUT2D eigenvalue weighted by molar-refractivity contribution is 9.10. The Morgan fingerprint density at radius 2 is 2.03 bits per heavy atom. The Morgan fingerprint density at radius 3 is 2.84 bits per heavy atom. The predicted octanol–water partition coefficient (Wildman–Crippen LogP) is 6.39. The number of halogens is 1. The SMILES string of the molecule is CCCCOc1cccc(C(=O)Nc2ccc3oc(-c4ccc(O)c(Br)c4)nc3c2)c1. The number of nitrogens with zero attached hydrogens (tertiary/aromatic N) is 1. The minimum absolute atomic E-state index is 0.143.